The Hall–Kier alpha value is 0.154. The second-order valence-corrected chi connectivity index (χ2v) is 10.8. The van der Waals surface area contributed by atoms with E-state index in [4.69, 9.17) is 0 Å². The molecule has 1 amide bonds. The van der Waals surface area contributed by atoms with Gasteiger partial charge in [-0.1, -0.05) is 0 Å². The number of hydrogen-bond donors (Lipinski definition) is 1. The molecule has 0 bridgehead atoms. The van der Waals surface area contributed by atoms with Gasteiger partial charge in [0, 0.05) is 45.7 Å². The molecule has 5 heteroatoms. The molecule has 1 aromatic rings. The van der Waals surface area contributed by atoms with Crippen LogP contribution in [0.3, 0.4) is 0 Å². The summed E-state index contributed by atoms with van der Waals surface area (Å²) in [6.45, 7) is 5.93. The van der Waals surface area contributed by atoms with Crippen molar-refractivity contribution in [2.75, 3.05) is 30.0 Å². The minimum atomic E-state index is -1.09. The molecule has 1 N–H and O–H groups in total. The molecule has 22 heavy (non-hydrogen) atoms. The molecule has 0 spiro atoms. The van der Waals surface area contributed by atoms with Crippen molar-refractivity contribution < 1.29 is 41.9 Å². The van der Waals surface area contributed by atoms with Crippen LogP contribution in [0.2, 0.25) is 0 Å². The van der Waals surface area contributed by atoms with E-state index in [0.717, 1.165) is 16.8 Å². The second kappa shape index (κ2) is 8.85. The van der Waals surface area contributed by atoms with Crippen molar-refractivity contribution in [1.29, 1.82) is 0 Å². The van der Waals surface area contributed by atoms with Crippen LogP contribution in [-0.2, 0) is 37.5 Å². The van der Waals surface area contributed by atoms with Crippen molar-refractivity contribution in [3.8, 4) is 0 Å². The van der Waals surface area contributed by atoms with Gasteiger partial charge in [0.05, 0.1) is 18.5 Å². The third kappa shape index (κ3) is 5.08. The molecule has 1 saturated heterocycles. The Bertz CT molecular complexity index is 506. The summed E-state index contributed by atoms with van der Waals surface area (Å²) in [4.78, 5) is 12.5. The Labute approximate surface area is 159 Å². The van der Waals surface area contributed by atoms with Crippen LogP contribution in [0, 0.1) is 19.7 Å². The monoisotopic (exact) mass is 399 g/mol. The van der Waals surface area contributed by atoms with Gasteiger partial charge in [-0.15, -0.1) is 0 Å². The zero-order valence-corrected chi connectivity index (χ0v) is 17.6. The van der Waals surface area contributed by atoms with Gasteiger partial charge >= 0.3 is 0 Å². The summed E-state index contributed by atoms with van der Waals surface area (Å²) in [5, 5.41) is 3.03. The van der Waals surface area contributed by atoms with Gasteiger partial charge in [0.1, 0.15) is 12.0 Å². The largest absolute Gasteiger partial charge is 0.322 e. The van der Waals surface area contributed by atoms with Crippen LogP contribution in [0.25, 0.3) is 0 Å². The third-order valence-electron chi connectivity index (χ3n) is 4.68. The van der Waals surface area contributed by atoms with Crippen LogP contribution in [0.5, 0.6) is 0 Å². The first-order valence-electron chi connectivity index (χ1n) is 7.87. The third-order valence-corrected chi connectivity index (χ3v) is 9.51. The number of carbonyl (C=O) groups is 1. The standard InChI is InChI=1S/C17H25FNOP.Y/c1-4-21(8-6-5-7-9-21)12-16(20)19-17-13(2)10-15(18)11-14(17)3;/h10-11H,4-9,12H2,1-3H3;/p+1. The SMILES string of the molecule is CC[P+]1(CC(=O)Nc2c(C)cc(F)cc2C)CCCCC1.[Y]. The van der Waals surface area contributed by atoms with E-state index < -0.39 is 7.26 Å². The molecule has 1 fully saturated rings. The number of nitrogens with one attached hydrogen (secondary N) is 1. The van der Waals surface area contributed by atoms with E-state index in [1.165, 1.54) is 49.9 Å². The predicted octanol–water partition coefficient (Wildman–Crippen LogP) is 4.60. The van der Waals surface area contributed by atoms with E-state index in [1.54, 1.807) is 0 Å². The maximum atomic E-state index is 13.3. The van der Waals surface area contributed by atoms with E-state index in [-0.39, 0.29) is 44.4 Å². The molecule has 2 nitrogen and oxygen atoms in total. The molecule has 1 aliphatic heterocycles. The van der Waals surface area contributed by atoms with Gasteiger partial charge in [0.2, 0.25) is 0 Å². The predicted molar refractivity (Wildman–Crippen MR) is 90.4 cm³/mol. The molecule has 2 rings (SSSR count). The first kappa shape index (κ1) is 20.2. The van der Waals surface area contributed by atoms with Crippen LogP contribution < -0.4 is 5.32 Å². The Morgan fingerprint density at radius 1 is 1.18 bits per heavy atom. The number of aryl methyl sites for hydroxylation is 2. The molecule has 0 aliphatic carbocycles. The minimum Gasteiger partial charge on any atom is -0.322 e. The Kier molecular flexibility index (Phi) is 8.13. The smallest absolute Gasteiger partial charge is 0.261 e. The van der Waals surface area contributed by atoms with Gasteiger partial charge in [-0.3, -0.25) is 4.79 Å². The maximum absolute atomic E-state index is 13.3. The molecule has 1 aliphatic rings. The van der Waals surface area contributed by atoms with E-state index in [0.29, 0.717) is 6.16 Å². The molecule has 1 aromatic carbocycles. The van der Waals surface area contributed by atoms with Gasteiger partial charge in [0.25, 0.3) is 5.91 Å². The first-order chi connectivity index (χ1) is 9.96. The van der Waals surface area contributed by atoms with Crippen LogP contribution in [-0.4, -0.2) is 30.6 Å². The van der Waals surface area contributed by atoms with Crippen molar-refractivity contribution in [3.63, 3.8) is 0 Å². The zero-order chi connectivity index (χ0) is 15.5. The molecule has 0 saturated carbocycles. The van der Waals surface area contributed by atoms with Gasteiger partial charge < -0.3 is 5.32 Å². The number of rotatable bonds is 4. The van der Waals surface area contributed by atoms with Crippen molar-refractivity contribution in [2.24, 2.45) is 0 Å². The van der Waals surface area contributed by atoms with E-state index in [2.05, 4.69) is 12.2 Å². The second-order valence-electron chi connectivity index (χ2n) is 6.29. The average Bonchev–Trinajstić information content (AvgIpc) is 2.44. The van der Waals surface area contributed by atoms with Crippen LogP contribution in [0.15, 0.2) is 12.1 Å². The average molecular weight is 399 g/mol. The van der Waals surface area contributed by atoms with Gasteiger partial charge in [-0.25, -0.2) is 4.39 Å². The van der Waals surface area contributed by atoms with E-state index in [9.17, 15) is 9.18 Å². The zero-order valence-electron chi connectivity index (χ0n) is 13.9. The van der Waals surface area contributed by atoms with Crippen molar-refractivity contribution in [3.05, 3.63) is 29.1 Å². The van der Waals surface area contributed by atoms with E-state index >= 15 is 0 Å². The van der Waals surface area contributed by atoms with Gasteiger partial charge in [0.15, 0.2) is 0 Å². The molecular formula is C17H26FNOPY+. The summed E-state index contributed by atoms with van der Waals surface area (Å²) in [5.74, 6) is -0.127. The molecule has 1 heterocycles. The molecule has 119 valence electrons. The summed E-state index contributed by atoms with van der Waals surface area (Å²) >= 11 is 0. The maximum Gasteiger partial charge on any atom is 0.261 e. The molecule has 1 radical (unpaired) electrons. The first-order valence-corrected chi connectivity index (χ1v) is 10.4. The summed E-state index contributed by atoms with van der Waals surface area (Å²) < 4.78 is 13.3. The fraction of sp³-hybridized carbons (Fsp3) is 0.588. The topological polar surface area (TPSA) is 29.1 Å². The summed E-state index contributed by atoms with van der Waals surface area (Å²) in [7, 11) is -1.09. The number of carbonyl (C=O) groups excluding carboxylic acids is 1. The number of hydrogen-bond acceptors (Lipinski definition) is 1. The van der Waals surface area contributed by atoms with Gasteiger partial charge in [-0.05, 0) is 63.3 Å². The fourth-order valence-corrected chi connectivity index (χ4v) is 7.23. The van der Waals surface area contributed by atoms with Crippen molar-refractivity contribution in [1.82, 2.24) is 0 Å². The quantitative estimate of drug-likeness (QED) is 0.737. The van der Waals surface area contributed by atoms with Crippen molar-refractivity contribution >= 4 is 18.9 Å². The Morgan fingerprint density at radius 2 is 1.73 bits per heavy atom. The van der Waals surface area contributed by atoms with Crippen LogP contribution in [0.4, 0.5) is 10.1 Å². The summed E-state index contributed by atoms with van der Waals surface area (Å²) in [5.41, 5.74) is 2.38. The van der Waals surface area contributed by atoms with Crippen LogP contribution >= 0.6 is 7.26 Å². The van der Waals surface area contributed by atoms with Gasteiger partial charge in [-0.2, -0.15) is 0 Å². The summed E-state index contributed by atoms with van der Waals surface area (Å²) in [6.07, 6.45) is 8.27. The number of benzene rings is 1. The molecule has 0 unspecified atom stereocenters. The normalized spacial score (nSPS) is 16.7. The Balaban J connectivity index is 0.00000242. The molecular weight excluding hydrogens is 373 g/mol. The fourth-order valence-electron chi connectivity index (χ4n) is 3.36. The van der Waals surface area contributed by atoms with Crippen LogP contribution in [0.1, 0.15) is 37.3 Å². The van der Waals surface area contributed by atoms with Crippen molar-refractivity contribution in [2.45, 2.75) is 40.0 Å². The van der Waals surface area contributed by atoms with E-state index in [1.807, 2.05) is 13.8 Å². The number of halogens is 1. The summed E-state index contributed by atoms with van der Waals surface area (Å²) in [6, 6.07) is 2.96. The molecule has 0 atom stereocenters. The molecule has 0 aromatic heterocycles. The number of amides is 1. The number of anilines is 1. The Morgan fingerprint density at radius 3 is 2.23 bits per heavy atom. The minimum absolute atomic E-state index is 0.